The zero-order chi connectivity index (χ0) is 14.5. The second-order valence-electron chi connectivity index (χ2n) is 6.42. The Morgan fingerprint density at radius 1 is 1.19 bits per heavy atom. The molecule has 1 N–H and O–H groups in total. The van der Waals surface area contributed by atoms with Crippen LogP contribution in [0.5, 0.6) is 0 Å². The van der Waals surface area contributed by atoms with Gasteiger partial charge in [-0.15, -0.1) is 0 Å². The molecule has 3 nitrogen and oxygen atoms in total. The summed E-state index contributed by atoms with van der Waals surface area (Å²) in [4.78, 5) is 14.6. The van der Waals surface area contributed by atoms with Gasteiger partial charge in [-0.3, -0.25) is 4.79 Å². The molecule has 0 unspecified atom stereocenters. The smallest absolute Gasteiger partial charge is 0.222 e. The van der Waals surface area contributed by atoms with Crippen LogP contribution in [0.2, 0.25) is 0 Å². The standard InChI is InChI=1S/C18H26N2O/c21-18(8-7-15-9-11-19-12-10-15)20-13-3-6-16-4-1-2-5-17(16)14-20/h1-2,4-5,15,19H,3,6-14H2. The zero-order valence-electron chi connectivity index (χ0n) is 12.8. The SMILES string of the molecule is O=C(CCC1CCNCC1)N1CCCc2ccccc2C1. The fourth-order valence-corrected chi connectivity index (χ4v) is 3.57. The van der Waals surface area contributed by atoms with E-state index in [0.717, 1.165) is 57.8 Å². The number of hydrogen-bond acceptors (Lipinski definition) is 2. The van der Waals surface area contributed by atoms with Gasteiger partial charge in [0.15, 0.2) is 0 Å². The lowest BCUT2D eigenvalue weighted by atomic mass is 9.93. The van der Waals surface area contributed by atoms with Gasteiger partial charge in [0.2, 0.25) is 5.91 Å². The Bertz CT molecular complexity index is 480. The Balaban J connectivity index is 1.55. The third-order valence-electron chi connectivity index (χ3n) is 4.93. The van der Waals surface area contributed by atoms with Crippen molar-refractivity contribution in [3.05, 3.63) is 35.4 Å². The van der Waals surface area contributed by atoms with E-state index >= 15 is 0 Å². The Kier molecular flexibility index (Phi) is 4.91. The highest BCUT2D eigenvalue weighted by atomic mass is 16.2. The molecule has 21 heavy (non-hydrogen) atoms. The Morgan fingerprint density at radius 3 is 2.76 bits per heavy atom. The van der Waals surface area contributed by atoms with Crippen LogP contribution in [0.3, 0.4) is 0 Å². The molecule has 0 saturated carbocycles. The van der Waals surface area contributed by atoms with Gasteiger partial charge in [-0.25, -0.2) is 0 Å². The summed E-state index contributed by atoms with van der Waals surface area (Å²) in [5.74, 6) is 1.10. The highest BCUT2D eigenvalue weighted by Crippen LogP contribution is 2.22. The quantitative estimate of drug-likeness (QED) is 0.926. The van der Waals surface area contributed by atoms with E-state index in [2.05, 4.69) is 34.5 Å². The van der Waals surface area contributed by atoms with E-state index in [1.54, 1.807) is 0 Å². The van der Waals surface area contributed by atoms with Gasteiger partial charge in [0.1, 0.15) is 0 Å². The van der Waals surface area contributed by atoms with Gasteiger partial charge < -0.3 is 10.2 Å². The van der Waals surface area contributed by atoms with E-state index in [9.17, 15) is 4.79 Å². The number of benzene rings is 1. The summed E-state index contributed by atoms with van der Waals surface area (Å²) in [6, 6.07) is 8.57. The molecule has 0 spiro atoms. The van der Waals surface area contributed by atoms with E-state index < -0.39 is 0 Å². The van der Waals surface area contributed by atoms with Crippen molar-refractivity contribution in [1.82, 2.24) is 10.2 Å². The Labute approximate surface area is 127 Å². The van der Waals surface area contributed by atoms with Crippen molar-refractivity contribution in [3.8, 4) is 0 Å². The van der Waals surface area contributed by atoms with Crippen molar-refractivity contribution >= 4 is 5.91 Å². The summed E-state index contributed by atoms with van der Waals surface area (Å²) in [5, 5.41) is 3.39. The molecule has 0 aromatic heterocycles. The number of fused-ring (bicyclic) bond motifs is 1. The highest BCUT2D eigenvalue weighted by Gasteiger charge is 2.20. The molecule has 3 heteroatoms. The number of nitrogens with zero attached hydrogens (tertiary/aromatic N) is 1. The van der Waals surface area contributed by atoms with Gasteiger partial charge in [-0.2, -0.15) is 0 Å². The van der Waals surface area contributed by atoms with Crippen molar-refractivity contribution in [3.63, 3.8) is 0 Å². The fraction of sp³-hybridized carbons (Fsp3) is 0.611. The van der Waals surface area contributed by atoms with Crippen molar-refractivity contribution in [2.75, 3.05) is 19.6 Å². The van der Waals surface area contributed by atoms with Gasteiger partial charge >= 0.3 is 0 Å². The normalized spacial score (nSPS) is 19.9. The minimum Gasteiger partial charge on any atom is -0.338 e. The number of nitrogens with one attached hydrogen (secondary N) is 1. The third-order valence-corrected chi connectivity index (χ3v) is 4.93. The van der Waals surface area contributed by atoms with Gasteiger partial charge in [0.25, 0.3) is 0 Å². The minimum absolute atomic E-state index is 0.352. The average Bonchev–Trinajstić information content (AvgIpc) is 2.76. The van der Waals surface area contributed by atoms with Gasteiger partial charge in [-0.05, 0) is 62.2 Å². The Hall–Kier alpha value is -1.35. The lowest BCUT2D eigenvalue weighted by Crippen LogP contribution is -2.32. The summed E-state index contributed by atoms with van der Waals surface area (Å²) in [5.41, 5.74) is 2.76. The molecule has 2 aliphatic heterocycles. The van der Waals surface area contributed by atoms with Crippen LogP contribution in [-0.4, -0.2) is 30.4 Å². The van der Waals surface area contributed by atoms with Gasteiger partial charge in [-0.1, -0.05) is 24.3 Å². The van der Waals surface area contributed by atoms with Crippen LogP contribution >= 0.6 is 0 Å². The number of piperidine rings is 1. The fourth-order valence-electron chi connectivity index (χ4n) is 3.57. The van der Waals surface area contributed by atoms with Crippen LogP contribution < -0.4 is 5.32 Å². The molecule has 2 aliphatic rings. The van der Waals surface area contributed by atoms with Crippen LogP contribution in [0.15, 0.2) is 24.3 Å². The second-order valence-corrected chi connectivity index (χ2v) is 6.42. The number of rotatable bonds is 3. The molecule has 0 atom stereocenters. The maximum absolute atomic E-state index is 12.5. The van der Waals surface area contributed by atoms with Crippen LogP contribution in [-0.2, 0) is 17.8 Å². The molecule has 3 rings (SSSR count). The lowest BCUT2D eigenvalue weighted by Gasteiger charge is -2.25. The third kappa shape index (κ3) is 3.85. The molecule has 0 bridgehead atoms. The molecular formula is C18H26N2O. The summed E-state index contributed by atoms with van der Waals surface area (Å²) >= 11 is 0. The number of carbonyl (C=O) groups is 1. The Morgan fingerprint density at radius 2 is 1.95 bits per heavy atom. The molecule has 1 fully saturated rings. The first-order valence-electron chi connectivity index (χ1n) is 8.38. The molecule has 0 radical (unpaired) electrons. The van der Waals surface area contributed by atoms with Crippen molar-refractivity contribution in [1.29, 1.82) is 0 Å². The topological polar surface area (TPSA) is 32.3 Å². The van der Waals surface area contributed by atoms with Crippen LogP contribution in [0, 0.1) is 5.92 Å². The summed E-state index contributed by atoms with van der Waals surface area (Å²) < 4.78 is 0. The first-order chi connectivity index (χ1) is 10.3. The molecule has 1 saturated heterocycles. The van der Waals surface area contributed by atoms with Crippen molar-refractivity contribution < 1.29 is 4.79 Å². The maximum atomic E-state index is 12.5. The van der Waals surface area contributed by atoms with Crippen molar-refractivity contribution in [2.45, 2.75) is 45.1 Å². The predicted molar refractivity (Wildman–Crippen MR) is 85.0 cm³/mol. The predicted octanol–water partition coefficient (Wildman–Crippen LogP) is 2.74. The summed E-state index contributed by atoms with van der Waals surface area (Å²) in [6.45, 7) is 3.97. The number of aryl methyl sites for hydroxylation is 1. The first kappa shape index (κ1) is 14.6. The van der Waals surface area contributed by atoms with E-state index in [0.29, 0.717) is 5.91 Å². The van der Waals surface area contributed by atoms with Crippen LogP contribution in [0.4, 0.5) is 0 Å². The van der Waals surface area contributed by atoms with Crippen LogP contribution in [0.1, 0.15) is 43.2 Å². The second kappa shape index (κ2) is 7.08. The zero-order valence-corrected chi connectivity index (χ0v) is 12.8. The molecule has 1 aromatic rings. The lowest BCUT2D eigenvalue weighted by molar-refractivity contribution is -0.132. The monoisotopic (exact) mass is 286 g/mol. The van der Waals surface area contributed by atoms with E-state index in [-0.39, 0.29) is 0 Å². The minimum atomic E-state index is 0.352. The van der Waals surface area contributed by atoms with E-state index in [1.165, 1.54) is 24.0 Å². The highest BCUT2D eigenvalue weighted by molar-refractivity contribution is 5.76. The van der Waals surface area contributed by atoms with Gasteiger partial charge in [0.05, 0.1) is 0 Å². The van der Waals surface area contributed by atoms with Crippen LogP contribution in [0.25, 0.3) is 0 Å². The summed E-state index contributed by atoms with van der Waals surface area (Å²) in [6.07, 6.45) is 6.46. The largest absolute Gasteiger partial charge is 0.338 e. The summed E-state index contributed by atoms with van der Waals surface area (Å²) in [7, 11) is 0. The van der Waals surface area contributed by atoms with Gasteiger partial charge in [0, 0.05) is 19.5 Å². The van der Waals surface area contributed by atoms with E-state index in [4.69, 9.17) is 0 Å². The number of amides is 1. The molecule has 0 aliphatic carbocycles. The number of carbonyl (C=O) groups excluding carboxylic acids is 1. The molecule has 2 heterocycles. The first-order valence-corrected chi connectivity index (χ1v) is 8.38. The molecule has 1 aromatic carbocycles. The molecule has 114 valence electrons. The maximum Gasteiger partial charge on any atom is 0.222 e. The molecule has 1 amide bonds. The van der Waals surface area contributed by atoms with Crippen molar-refractivity contribution in [2.24, 2.45) is 5.92 Å². The number of hydrogen-bond donors (Lipinski definition) is 1. The molecular weight excluding hydrogens is 260 g/mol. The average molecular weight is 286 g/mol. The van der Waals surface area contributed by atoms with E-state index in [1.807, 2.05) is 0 Å².